The first kappa shape index (κ1) is 7.03. The smallest absolute Gasteiger partial charge is 0.0167 e. The lowest BCUT2D eigenvalue weighted by Gasteiger charge is -2.08. The predicted octanol–water partition coefficient (Wildman–Crippen LogP) is 0.333. The summed E-state index contributed by atoms with van der Waals surface area (Å²) in [5, 5.41) is 3.08. The molecule has 1 saturated carbocycles. The molecule has 0 saturated heterocycles. The monoisotopic (exact) mass is 128 g/mol. The van der Waals surface area contributed by atoms with E-state index in [1.807, 2.05) is 7.05 Å². The third kappa shape index (κ3) is 2.82. The van der Waals surface area contributed by atoms with E-state index in [4.69, 9.17) is 5.73 Å². The molecule has 1 atom stereocenters. The van der Waals surface area contributed by atoms with E-state index >= 15 is 0 Å². The van der Waals surface area contributed by atoms with Crippen LogP contribution in [0.15, 0.2) is 0 Å². The van der Waals surface area contributed by atoms with Crippen molar-refractivity contribution in [2.24, 2.45) is 11.7 Å². The first-order valence-electron chi connectivity index (χ1n) is 3.73. The summed E-state index contributed by atoms with van der Waals surface area (Å²) in [6, 6.07) is 0.391. The summed E-state index contributed by atoms with van der Waals surface area (Å²) in [7, 11) is 1.95. The summed E-state index contributed by atoms with van der Waals surface area (Å²) < 4.78 is 0. The van der Waals surface area contributed by atoms with E-state index in [0.29, 0.717) is 6.04 Å². The van der Waals surface area contributed by atoms with Crippen LogP contribution < -0.4 is 11.1 Å². The molecule has 9 heavy (non-hydrogen) atoms. The highest BCUT2D eigenvalue weighted by Crippen LogP contribution is 2.32. The third-order valence-electron chi connectivity index (χ3n) is 1.80. The molecular formula is C7H16N2. The fourth-order valence-corrected chi connectivity index (χ4v) is 1.13. The summed E-state index contributed by atoms with van der Waals surface area (Å²) in [4.78, 5) is 0. The van der Waals surface area contributed by atoms with Crippen LogP contribution in [0.1, 0.15) is 19.3 Å². The molecule has 1 aliphatic carbocycles. The minimum atomic E-state index is 0.391. The molecule has 1 fully saturated rings. The standard InChI is InChI=1S/C7H16N2/c1-9-5-7(8)4-6-2-3-6/h6-7,9H,2-5,8H2,1H3. The normalized spacial score (nSPS) is 22.0. The number of likely N-dealkylation sites (N-methyl/N-ethyl adjacent to an activating group) is 1. The van der Waals surface area contributed by atoms with Gasteiger partial charge in [0.1, 0.15) is 0 Å². The highest BCUT2D eigenvalue weighted by Gasteiger charge is 2.23. The van der Waals surface area contributed by atoms with Gasteiger partial charge in [-0.3, -0.25) is 0 Å². The maximum absolute atomic E-state index is 5.76. The molecule has 0 spiro atoms. The lowest BCUT2D eigenvalue weighted by atomic mass is 10.1. The molecule has 0 heterocycles. The molecule has 54 valence electrons. The lowest BCUT2D eigenvalue weighted by molar-refractivity contribution is 0.542. The van der Waals surface area contributed by atoms with E-state index in [0.717, 1.165) is 12.5 Å². The molecule has 0 aliphatic heterocycles. The van der Waals surface area contributed by atoms with Gasteiger partial charge in [-0.15, -0.1) is 0 Å². The van der Waals surface area contributed by atoms with E-state index in [1.54, 1.807) is 0 Å². The Morgan fingerprint density at radius 3 is 2.78 bits per heavy atom. The van der Waals surface area contributed by atoms with Gasteiger partial charge < -0.3 is 11.1 Å². The van der Waals surface area contributed by atoms with E-state index in [-0.39, 0.29) is 0 Å². The zero-order chi connectivity index (χ0) is 6.69. The van der Waals surface area contributed by atoms with E-state index in [9.17, 15) is 0 Å². The van der Waals surface area contributed by atoms with Gasteiger partial charge >= 0.3 is 0 Å². The Morgan fingerprint density at radius 1 is 1.67 bits per heavy atom. The second-order valence-electron chi connectivity index (χ2n) is 3.00. The summed E-state index contributed by atoms with van der Waals surface area (Å²) in [6.45, 7) is 0.969. The van der Waals surface area contributed by atoms with Gasteiger partial charge in [-0.05, 0) is 19.4 Å². The fourth-order valence-electron chi connectivity index (χ4n) is 1.13. The van der Waals surface area contributed by atoms with Gasteiger partial charge in [0.05, 0.1) is 0 Å². The lowest BCUT2D eigenvalue weighted by Crippen LogP contribution is -2.32. The third-order valence-corrected chi connectivity index (χ3v) is 1.80. The van der Waals surface area contributed by atoms with E-state index < -0.39 is 0 Å². The molecule has 3 N–H and O–H groups in total. The van der Waals surface area contributed by atoms with Crippen LogP contribution in [0, 0.1) is 5.92 Å². The van der Waals surface area contributed by atoms with Crippen molar-refractivity contribution >= 4 is 0 Å². The van der Waals surface area contributed by atoms with E-state index in [1.165, 1.54) is 19.3 Å². The second-order valence-corrected chi connectivity index (χ2v) is 3.00. The van der Waals surface area contributed by atoms with Crippen molar-refractivity contribution < 1.29 is 0 Å². The first-order valence-corrected chi connectivity index (χ1v) is 3.73. The summed E-state index contributed by atoms with van der Waals surface area (Å²) in [5.41, 5.74) is 5.76. The quantitative estimate of drug-likeness (QED) is 0.572. The van der Waals surface area contributed by atoms with Crippen LogP contribution in [-0.2, 0) is 0 Å². The Bertz CT molecular complexity index is 79.0. The number of hydrogen-bond donors (Lipinski definition) is 2. The van der Waals surface area contributed by atoms with Crippen LogP contribution in [-0.4, -0.2) is 19.6 Å². The molecule has 2 heteroatoms. The number of rotatable bonds is 4. The number of nitrogens with two attached hydrogens (primary N) is 1. The number of hydrogen-bond acceptors (Lipinski definition) is 2. The number of nitrogens with one attached hydrogen (secondary N) is 1. The predicted molar refractivity (Wildman–Crippen MR) is 39.2 cm³/mol. The van der Waals surface area contributed by atoms with Crippen molar-refractivity contribution in [2.45, 2.75) is 25.3 Å². The first-order chi connectivity index (χ1) is 4.33. The highest BCUT2D eigenvalue weighted by atomic mass is 14.9. The van der Waals surface area contributed by atoms with Gasteiger partial charge in [-0.2, -0.15) is 0 Å². The van der Waals surface area contributed by atoms with Crippen molar-refractivity contribution in [1.29, 1.82) is 0 Å². The maximum Gasteiger partial charge on any atom is 0.0167 e. The molecule has 0 aromatic rings. The second kappa shape index (κ2) is 3.18. The van der Waals surface area contributed by atoms with Gasteiger partial charge in [0.15, 0.2) is 0 Å². The molecular weight excluding hydrogens is 112 g/mol. The molecule has 0 radical (unpaired) electrons. The van der Waals surface area contributed by atoms with Gasteiger partial charge in [0, 0.05) is 12.6 Å². The molecule has 0 bridgehead atoms. The zero-order valence-electron chi connectivity index (χ0n) is 6.06. The Labute approximate surface area is 56.8 Å². The fraction of sp³-hybridized carbons (Fsp3) is 1.00. The average Bonchev–Trinajstić information content (AvgIpc) is 2.50. The van der Waals surface area contributed by atoms with Crippen LogP contribution in [0.3, 0.4) is 0 Å². The summed E-state index contributed by atoms with van der Waals surface area (Å²) in [6.07, 6.45) is 4.05. The van der Waals surface area contributed by atoms with Gasteiger partial charge in [-0.1, -0.05) is 12.8 Å². The van der Waals surface area contributed by atoms with Crippen LogP contribution in [0.2, 0.25) is 0 Å². The van der Waals surface area contributed by atoms with Crippen molar-refractivity contribution in [3.63, 3.8) is 0 Å². The van der Waals surface area contributed by atoms with Gasteiger partial charge in [0.2, 0.25) is 0 Å². The SMILES string of the molecule is CNCC(N)CC1CC1. The van der Waals surface area contributed by atoms with Gasteiger partial charge in [-0.25, -0.2) is 0 Å². The van der Waals surface area contributed by atoms with Crippen molar-refractivity contribution in [2.75, 3.05) is 13.6 Å². The van der Waals surface area contributed by atoms with Crippen molar-refractivity contribution in [3.05, 3.63) is 0 Å². The van der Waals surface area contributed by atoms with Crippen molar-refractivity contribution in [3.8, 4) is 0 Å². The molecule has 1 unspecified atom stereocenters. The Balaban J connectivity index is 1.95. The summed E-state index contributed by atoms with van der Waals surface area (Å²) >= 11 is 0. The average molecular weight is 128 g/mol. The Morgan fingerprint density at radius 2 is 2.33 bits per heavy atom. The summed E-state index contributed by atoms with van der Waals surface area (Å²) in [5.74, 6) is 0.966. The molecule has 2 nitrogen and oxygen atoms in total. The Hall–Kier alpha value is -0.0800. The van der Waals surface area contributed by atoms with Gasteiger partial charge in [0.25, 0.3) is 0 Å². The molecule has 1 aliphatic rings. The zero-order valence-corrected chi connectivity index (χ0v) is 6.06. The molecule has 1 rings (SSSR count). The highest BCUT2D eigenvalue weighted by molar-refractivity contribution is 4.78. The van der Waals surface area contributed by atoms with E-state index in [2.05, 4.69) is 5.32 Å². The van der Waals surface area contributed by atoms with Crippen LogP contribution >= 0.6 is 0 Å². The molecule has 0 amide bonds. The van der Waals surface area contributed by atoms with Crippen LogP contribution in [0.5, 0.6) is 0 Å². The largest absolute Gasteiger partial charge is 0.327 e. The van der Waals surface area contributed by atoms with Crippen molar-refractivity contribution in [1.82, 2.24) is 5.32 Å². The minimum Gasteiger partial charge on any atom is -0.327 e. The molecule has 0 aromatic carbocycles. The Kier molecular flexibility index (Phi) is 2.49. The molecule has 0 aromatic heterocycles. The minimum absolute atomic E-state index is 0.391. The topological polar surface area (TPSA) is 38.0 Å². The van der Waals surface area contributed by atoms with Crippen LogP contribution in [0.25, 0.3) is 0 Å². The maximum atomic E-state index is 5.76. The van der Waals surface area contributed by atoms with Crippen LogP contribution in [0.4, 0.5) is 0 Å².